The van der Waals surface area contributed by atoms with E-state index in [2.05, 4.69) is 19.9 Å². The molecule has 33 heavy (non-hydrogen) atoms. The highest BCUT2D eigenvalue weighted by atomic mass is 19.4. The predicted octanol–water partition coefficient (Wildman–Crippen LogP) is 4.18. The maximum Gasteiger partial charge on any atom is 0.490 e. The first-order valence-corrected chi connectivity index (χ1v) is 9.35. The smallest absolute Gasteiger partial charge is 0.439 e. The number of nitrogens with zero attached hydrogens (tertiary/aromatic N) is 1. The van der Waals surface area contributed by atoms with Crippen molar-refractivity contribution in [1.29, 1.82) is 0 Å². The van der Waals surface area contributed by atoms with E-state index in [1.807, 2.05) is 12.1 Å². The molecule has 0 fully saturated rings. The van der Waals surface area contributed by atoms with Gasteiger partial charge in [-0.25, -0.2) is 14.4 Å². The summed E-state index contributed by atoms with van der Waals surface area (Å²) in [5.74, 6) is -4.01. The molecule has 1 aromatic heterocycles. The average molecular weight is 459 g/mol. The lowest BCUT2D eigenvalue weighted by atomic mass is 10.1. The second-order valence-electron chi connectivity index (χ2n) is 6.48. The number of carbonyl (C=O) groups is 3. The van der Waals surface area contributed by atoms with Crippen molar-refractivity contribution in [3.05, 3.63) is 84.7 Å². The summed E-state index contributed by atoms with van der Waals surface area (Å²) < 4.78 is 42.0. The fraction of sp³-hybridized carbons (Fsp3) is 0.0909. The molecule has 1 atom stereocenters. The zero-order chi connectivity index (χ0) is 23.8. The number of hydroxylamine groups is 1. The molecule has 2 aromatic carbocycles. The van der Waals surface area contributed by atoms with Crippen molar-refractivity contribution in [2.75, 3.05) is 5.32 Å². The van der Waals surface area contributed by atoms with E-state index >= 15 is 0 Å². The summed E-state index contributed by atoms with van der Waals surface area (Å²) in [5, 5.41) is 2.39. The van der Waals surface area contributed by atoms with Crippen molar-refractivity contribution in [3.8, 4) is 11.1 Å². The summed E-state index contributed by atoms with van der Waals surface area (Å²) in [6.07, 6.45) is -4.09. The number of urea groups is 1. The van der Waals surface area contributed by atoms with Crippen LogP contribution in [0.4, 0.5) is 23.7 Å². The molecule has 11 heteroatoms. The summed E-state index contributed by atoms with van der Waals surface area (Å²) >= 11 is 0. The Bertz CT molecular complexity index is 1110. The molecule has 1 unspecified atom stereocenters. The second kappa shape index (κ2) is 10.3. The minimum atomic E-state index is -5.32. The zero-order valence-electron chi connectivity index (χ0n) is 16.7. The van der Waals surface area contributed by atoms with Gasteiger partial charge in [0.15, 0.2) is 0 Å². The van der Waals surface area contributed by atoms with Crippen molar-refractivity contribution in [2.24, 2.45) is 0 Å². The van der Waals surface area contributed by atoms with Gasteiger partial charge < -0.3 is 14.9 Å². The van der Waals surface area contributed by atoms with Crippen LogP contribution in [0.5, 0.6) is 0 Å². The lowest BCUT2D eigenvalue weighted by molar-refractivity contribution is -0.209. The number of ether oxygens (including phenoxy) is 1. The van der Waals surface area contributed by atoms with Crippen molar-refractivity contribution in [1.82, 2.24) is 10.5 Å². The number of amides is 2. The number of hydrogen-bond donors (Lipinski definition) is 2. The Morgan fingerprint density at radius 2 is 1.45 bits per heavy atom. The first-order valence-electron chi connectivity index (χ1n) is 9.35. The highest BCUT2D eigenvalue weighted by Crippen LogP contribution is 2.25. The molecule has 0 saturated heterocycles. The molecule has 0 aliphatic carbocycles. The Balaban J connectivity index is 1.60. The lowest BCUT2D eigenvalue weighted by Gasteiger charge is -2.17. The van der Waals surface area contributed by atoms with Crippen LogP contribution in [0.1, 0.15) is 11.7 Å². The van der Waals surface area contributed by atoms with Crippen LogP contribution in [0.25, 0.3) is 11.1 Å². The molecule has 2 N–H and O–H groups in total. The van der Waals surface area contributed by atoms with Gasteiger partial charge in [-0.2, -0.15) is 18.7 Å². The van der Waals surface area contributed by atoms with E-state index in [0.717, 1.165) is 11.1 Å². The third-order valence-corrected chi connectivity index (χ3v) is 4.17. The van der Waals surface area contributed by atoms with Crippen LogP contribution in [-0.4, -0.2) is 29.1 Å². The van der Waals surface area contributed by atoms with Gasteiger partial charge in [-0.15, -0.1) is 0 Å². The number of anilines is 1. The molecule has 0 spiro atoms. The topological polar surface area (TPSA) is 107 Å². The number of alkyl halides is 3. The van der Waals surface area contributed by atoms with E-state index < -0.39 is 30.2 Å². The fourth-order valence-electron chi connectivity index (χ4n) is 2.65. The van der Waals surface area contributed by atoms with E-state index in [1.165, 1.54) is 24.3 Å². The Labute approximate surface area is 185 Å². The molecule has 2 amide bonds. The third kappa shape index (κ3) is 6.53. The van der Waals surface area contributed by atoms with E-state index in [0.29, 0.717) is 5.69 Å². The van der Waals surface area contributed by atoms with Crippen molar-refractivity contribution in [3.63, 3.8) is 0 Å². The molecule has 0 saturated carbocycles. The normalized spacial score (nSPS) is 11.7. The highest BCUT2D eigenvalue weighted by molar-refractivity contribution is 5.90. The molecule has 1 heterocycles. The monoisotopic (exact) mass is 459 g/mol. The van der Waals surface area contributed by atoms with Crippen molar-refractivity contribution >= 4 is 23.7 Å². The Morgan fingerprint density at radius 1 is 0.848 bits per heavy atom. The van der Waals surface area contributed by atoms with Gasteiger partial charge in [0, 0.05) is 23.6 Å². The Hall–Kier alpha value is -4.41. The molecule has 170 valence electrons. The molecule has 3 rings (SSSR count). The van der Waals surface area contributed by atoms with Gasteiger partial charge in [-0.3, -0.25) is 4.98 Å². The summed E-state index contributed by atoms with van der Waals surface area (Å²) in [5.41, 5.74) is 3.82. The van der Waals surface area contributed by atoms with Gasteiger partial charge in [-0.1, -0.05) is 42.5 Å². The minimum absolute atomic E-state index is 0.0750. The molecule has 0 radical (unpaired) electrons. The fourth-order valence-corrected chi connectivity index (χ4v) is 2.65. The molecule has 0 aliphatic rings. The summed E-state index contributed by atoms with van der Waals surface area (Å²) in [4.78, 5) is 43.9. The molecule has 0 aliphatic heterocycles. The van der Waals surface area contributed by atoms with Gasteiger partial charge in [0.2, 0.25) is 6.10 Å². The molecular weight excluding hydrogens is 443 g/mol. The molecule has 8 nitrogen and oxygen atoms in total. The number of halogens is 3. The minimum Gasteiger partial charge on any atom is -0.439 e. The maximum atomic E-state index is 12.6. The summed E-state index contributed by atoms with van der Waals surface area (Å²) in [6, 6.07) is 16.2. The first-order chi connectivity index (χ1) is 15.7. The highest BCUT2D eigenvalue weighted by Gasteiger charge is 2.44. The van der Waals surface area contributed by atoms with Crippen molar-refractivity contribution < 1.29 is 37.1 Å². The van der Waals surface area contributed by atoms with Crippen LogP contribution >= 0.6 is 0 Å². The first kappa shape index (κ1) is 23.3. The van der Waals surface area contributed by atoms with Gasteiger partial charge in [0.1, 0.15) is 0 Å². The number of rotatable bonds is 5. The number of esters is 1. The number of nitrogens with one attached hydrogen (secondary N) is 2. The average Bonchev–Trinajstić information content (AvgIpc) is 2.82. The van der Waals surface area contributed by atoms with E-state index in [-0.39, 0.29) is 5.56 Å². The number of hydrogen-bond acceptors (Lipinski definition) is 6. The van der Waals surface area contributed by atoms with Crippen LogP contribution in [0.3, 0.4) is 0 Å². The van der Waals surface area contributed by atoms with Crippen LogP contribution < -0.4 is 10.8 Å². The van der Waals surface area contributed by atoms with Crippen LogP contribution in [0.15, 0.2) is 79.1 Å². The number of pyridine rings is 1. The molecule has 3 aromatic rings. The van der Waals surface area contributed by atoms with E-state index in [1.54, 1.807) is 48.2 Å². The van der Waals surface area contributed by atoms with Crippen LogP contribution in [-0.2, 0) is 19.2 Å². The quantitative estimate of drug-likeness (QED) is 0.438. The third-order valence-electron chi connectivity index (χ3n) is 4.17. The van der Waals surface area contributed by atoms with Gasteiger partial charge in [0.05, 0.1) is 0 Å². The van der Waals surface area contributed by atoms with Crippen LogP contribution in [0, 0.1) is 0 Å². The summed E-state index contributed by atoms with van der Waals surface area (Å²) in [7, 11) is 0. The zero-order valence-corrected chi connectivity index (χ0v) is 16.7. The van der Waals surface area contributed by atoms with Gasteiger partial charge in [0.25, 0.3) is 0 Å². The van der Waals surface area contributed by atoms with Gasteiger partial charge >= 0.3 is 24.1 Å². The molecular formula is C22H16F3N3O5. The lowest BCUT2D eigenvalue weighted by Crippen LogP contribution is -2.36. The second-order valence-corrected chi connectivity index (χ2v) is 6.48. The van der Waals surface area contributed by atoms with E-state index in [4.69, 9.17) is 0 Å². The molecule has 0 bridgehead atoms. The number of benzene rings is 2. The largest absolute Gasteiger partial charge is 0.490 e. The van der Waals surface area contributed by atoms with Crippen LogP contribution in [0.2, 0.25) is 0 Å². The summed E-state index contributed by atoms with van der Waals surface area (Å²) in [6.45, 7) is 0. The van der Waals surface area contributed by atoms with E-state index in [9.17, 15) is 27.6 Å². The number of aromatic nitrogens is 1. The number of carbonyl (C=O) groups excluding carboxylic acids is 3. The SMILES string of the molecule is O=C(NOC(=O)C(OC(=O)C(F)(F)F)c1ccccc1)Nc1ccc(-c2ccncc2)cc1. The Morgan fingerprint density at radius 3 is 2.06 bits per heavy atom. The Kier molecular flexibility index (Phi) is 7.24. The van der Waals surface area contributed by atoms with Gasteiger partial charge in [-0.05, 0) is 35.4 Å². The predicted molar refractivity (Wildman–Crippen MR) is 109 cm³/mol. The standard InChI is InChI=1S/C22H16F3N3O5/c23-22(24,25)20(30)32-18(16-4-2-1-3-5-16)19(29)33-28-21(31)27-17-8-6-14(7-9-17)15-10-12-26-13-11-15/h1-13,18H,(H2,27,28,31). The van der Waals surface area contributed by atoms with Crippen molar-refractivity contribution in [2.45, 2.75) is 12.3 Å². The maximum absolute atomic E-state index is 12.6.